The highest BCUT2D eigenvalue weighted by atomic mass is 32.1. The zero-order chi connectivity index (χ0) is 14.8. The normalized spacial score (nSPS) is 11.8. The molecule has 0 radical (unpaired) electrons. The lowest BCUT2D eigenvalue weighted by Crippen LogP contribution is -2.10. The average Bonchev–Trinajstić information content (AvgIpc) is 2.84. The fourth-order valence-electron chi connectivity index (χ4n) is 1.93. The summed E-state index contributed by atoms with van der Waals surface area (Å²) >= 11 is 1.49. The number of aromatic nitrogens is 2. The summed E-state index contributed by atoms with van der Waals surface area (Å²) in [6.45, 7) is 0. The molecule has 21 heavy (non-hydrogen) atoms. The van der Waals surface area contributed by atoms with Crippen LogP contribution in [0.15, 0.2) is 53.0 Å². The van der Waals surface area contributed by atoms with Crippen molar-refractivity contribution in [3.63, 3.8) is 0 Å². The van der Waals surface area contributed by atoms with Crippen LogP contribution < -0.4 is 4.80 Å². The molecule has 0 spiro atoms. The van der Waals surface area contributed by atoms with E-state index in [9.17, 15) is 10.2 Å². The van der Waals surface area contributed by atoms with Gasteiger partial charge in [0.05, 0.1) is 5.69 Å². The van der Waals surface area contributed by atoms with Gasteiger partial charge in [-0.1, -0.05) is 6.07 Å². The van der Waals surface area contributed by atoms with Crippen LogP contribution in [0.5, 0.6) is 11.5 Å². The summed E-state index contributed by atoms with van der Waals surface area (Å²) in [6.07, 6.45) is 1.70. The van der Waals surface area contributed by atoms with Crippen molar-refractivity contribution in [2.45, 2.75) is 0 Å². The molecule has 3 aromatic rings. The third kappa shape index (κ3) is 2.66. The highest BCUT2D eigenvalue weighted by molar-refractivity contribution is 7.07. The van der Waals surface area contributed by atoms with Gasteiger partial charge in [-0.25, -0.2) is 9.98 Å². The molecule has 0 aliphatic rings. The van der Waals surface area contributed by atoms with E-state index in [1.165, 1.54) is 23.5 Å². The number of benzene rings is 1. The molecule has 0 bridgehead atoms. The molecule has 0 unspecified atom stereocenters. The summed E-state index contributed by atoms with van der Waals surface area (Å²) in [6, 6.07) is 10.3. The Balaban J connectivity index is 2.07. The van der Waals surface area contributed by atoms with Crippen LogP contribution in [-0.2, 0) is 7.05 Å². The first-order valence-electron chi connectivity index (χ1n) is 6.28. The number of aromatic hydroxyl groups is 2. The van der Waals surface area contributed by atoms with E-state index in [4.69, 9.17) is 0 Å². The number of phenolic OH excluding ortho intramolecular Hbond substituents is 2. The van der Waals surface area contributed by atoms with Gasteiger partial charge in [0.15, 0.2) is 22.1 Å². The molecule has 106 valence electrons. The highest BCUT2D eigenvalue weighted by Gasteiger charge is 2.07. The third-order valence-corrected chi connectivity index (χ3v) is 3.97. The van der Waals surface area contributed by atoms with E-state index < -0.39 is 0 Å². The van der Waals surface area contributed by atoms with E-state index in [0.29, 0.717) is 5.82 Å². The summed E-state index contributed by atoms with van der Waals surface area (Å²) in [7, 11) is 1.90. The Morgan fingerprint density at radius 3 is 2.71 bits per heavy atom. The van der Waals surface area contributed by atoms with E-state index in [-0.39, 0.29) is 11.5 Å². The van der Waals surface area contributed by atoms with Gasteiger partial charge in [-0.2, -0.15) is 0 Å². The molecular weight excluding hydrogens is 286 g/mol. The monoisotopic (exact) mass is 299 g/mol. The van der Waals surface area contributed by atoms with E-state index in [2.05, 4.69) is 9.98 Å². The van der Waals surface area contributed by atoms with Crippen LogP contribution in [0.1, 0.15) is 0 Å². The van der Waals surface area contributed by atoms with E-state index >= 15 is 0 Å². The minimum absolute atomic E-state index is 0.130. The van der Waals surface area contributed by atoms with Crippen LogP contribution in [0, 0.1) is 0 Å². The molecule has 3 rings (SSSR count). The molecule has 0 amide bonds. The van der Waals surface area contributed by atoms with Crippen LogP contribution in [0.3, 0.4) is 0 Å². The van der Waals surface area contributed by atoms with Crippen molar-refractivity contribution < 1.29 is 10.2 Å². The van der Waals surface area contributed by atoms with Gasteiger partial charge < -0.3 is 14.8 Å². The maximum absolute atomic E-state index is 9.61. The minimum atomic E-state index is -0.137. The Hall–Kier alpha value is -2.60. The molecule has 0 aliphatic heterocycles. The maximum atomic E-state index is 9.61. The van der Waals surface area contributed by atoms with Gasteiger partial charge in [0.25, 0.3) is 0 Å². The first kappa shape index (κ1) is 13.4. The molecule has 0 atom stereocenters. The van der Waals surface area contributed by atoms with Crippen LogP contribution in [0.4, 0.5) is 5.82 Å². The number of hydrogen-bond donors (Lipinski definition) is 2. The molecule has 0 saturated heterocycles. The standard InChI is InChI=1S/C15H13N3O2S/c1-18-11(10-5-6-12(19)13(20)8-10)9-21-15(18)17-14-4-2-3-7-16-14/h2-9,19-20H,1H3/b17-15-. The van der Waals surface area contributed by atoms with Crippen molar-refractivity contribution in [2.24, 2.45) is 12.0 Å². The van der Waals surface area contributed by atoms with Gasteiger partial charge in [0.1, 0.15) is 0 Å². The van der Waals surface area contributed by atoms with E-state index in [1.54, 1.807) is 12.3 Å². The summed E-state index contributed by atoms with van der Waals surface area (Å²) in [5.41, 5.74) is 1.72. The van der Waals surface area contributed by atoms with E-state index in [1.807, 2.05) is 35.2 Å². The average molecular weight is 299 g/mol. The van der Waals surface area contributed by atoms with Crippen molar-refractivity contribution in [2.75, 3.05) is 0 Å². The Kier molecular flexibility index (Phi) is 3.45. The first-order chi connectivity index (χ1) is 10.1. The van der Waals surface area contributed by atoms with Crippen molar-refractivity contribution in [3.8, 4) is 22.8 Å². The Labute approximate surface area is 125 Å². The summed E-state index contributed by atoms with van der Waals surface area (Å²) in [4.78, 5) is 9.46. The third-order valence-electron chi connectivity index (χ3n) is 3.05. The lowest BCUT2D eigenvalue weighted by Gasteiger charge is -2.04. The van der Waals surface area contributed by atoms with Gasteiger partial charge >= 0.3 is 0 Å². The van der Waals surface area contributed by atoms with Crippen LogP contribution in [-0.4, -0.2) is 19.8 Å². The molecule has 1 aromatic carbocycles. The molecule has 2 heterocycles. The van der Waals surface area contributed by atoms with Gasteiger partial charge in [0.2, 0.25) is 0 Å². The Bertz CT molecular complexity index is 838. The van der Waals surface area contributed by atoms with Gasteiger partial charge in [-0.15, -0.1) is 11.3 Å². The van der Waals surface area contributed by atoms with Crippen molar-refractivity contribution in [1.82, 2.24) is 9.55 Å². The van der Waals surface area contributed by atoms with Gasteiger partial charge in [-0.3, -0.25) is 0 Å². The number of thiazole rings is 1. The molecule has 0 saturated carbocycles. The summed E-state index contributed by atoms with van der Waals surface area (Å²) < 4.78 is 1.92. The zero-order valence-electron chi connectivity index (χ0n) is 11.3. The second-order valence-electron chi connectivity index (χ2n) is 4.47. The lowest BCUT2D eigenvalue weighted by atomic mass is 10.1. The molecule has 0 aliphatic carbocycles. The first-order valence-corrected chi connectivity index (χ1v) is 7.16. The van der Waals surface area contributed by atoms with E-state index in [0.717, 1.165) is 16.1 Å². The quantitative estimate of drug-likeness (QED) is 0.715. The molecule has 2 N–H and O–H groups in total. The molecule has 6 heteroatoms. The summed E-state index contributed by atoms with van der Waals surface area (Å²) in [5, 5.41) is 20.9. The van der Waals surface area contributed by atoms with Crippen molar-refractivity contribution in [1.29, 1.82) is 0 Å². The number of hydrogen-bond acceptors (Lipinski definition) is 5. The van der Waals surface area contributed by atoms with Crippen LogP contribution in [0.25, 0.3) is 11.3 Å². The predicted molar refractivity (Wildman–Crippen MR) is 81.5 cm³/mol. The molecule has 2 aromatic heterocycles. The smallest absolute Gasteiger partial charge is 0.191 e. The molecule has 0 fully saturated rings. The maximum Gasteiger partial charge on any atom is 0.191 e. The topological polar surface area (TPSA) is 70.6 Å². The van der Waals surface area contributed by atoms with Gasteiger partial charge in [-0.05, 0) is 30.3 Å². The number of rotatable bonds is 2. The largest absolute Gasteiger partial charge is 0.504 e. The van der Waals surface area contributed by atoms with Crippen molar-refractivity contribution in [3.05, 3.63) is 52.8 Å². The van der Waals surface area contributed by atoms with Crippen molar-refractivity contribution >= 4 is 17.2 Å². The number of phenols is 2. The predicted octanol–water partition coefficient (Wildman–Crippen LogP) is 2.79. The van der Waals surface area contributed by atoms with Crippen LogP contribution in [0.2, 0.25) is 0 Å². The number of pyridine rings is 1. The molecular formula is C15H13N3O2S. The SMILES string of the molecule is Cn1c(-c2ccc(O)c(O)c2)cs/c1=N\c1ccccn1. The fraction of sp³-hybridized carbons (Fsp3) is 0.0667. The second kappa shape index (κ2) is 5.41. The zero-order valence-corrected chi connectivity index (χ0v) is 12.1. The Morgan fingerprint density at radius 2 is 2.00 bits per heavy atom. The fourth-order valence-corrected chi connectivity index (χ4v) is 2.85. The van der Waals surface area contributed by atoms with Gasteiger partial charge in [0, 0.05) is 24.2 Å². The minimum Gasteiger partial charge on any atom is -0.504 e. The number of nitrogens with zero attached hydrogens (tertiary/aromatic N) is 3. The second-order valence-corrected chi connectivity index (χ2v) is 5.30. The summed E-state index contributed by atoms with van der Waals surface area (Å²) in [5.74, 6) is 0.381. The highest BCUT2D eigenvalue weighted by Crippen LogP contribution is 2.30. The van der Waals surface area contributed by atoms with Crippen LogP contribution >= 0.6 is 11.3 Å². The lowest BCUT2D eigenvalue weighted by molar-refractivity contribution is 0.404. The molecule has 5 nitrogen and oxygen atoms in total. The Morgan fingerprint density at radius 1 is 1.14 bits per heavy atom.